The molecule has 3 aliphatic rings. The van der Waals surface area contributed by atoms with Crippen LogP contribution in [0.5, 0.6) is 0 Å². The second kappa shape index (κ2) is 21.4. The van der Waals surface area contributed by atoms with Crippen molar-refractivity contribution in [3.63, 3.8) is 0 Å². The van der Waals surface area contributed by atoms with E-state index in [9.17, 15) is 0 Å². The first kappa shape index (κ1) is 31.1. The molecule has 0 aromatic heterocycles. The lowest BCUT2D eigenvalue weighted by molar-refractivity contribution is -0.0891. The Labute approximate surface area is 222 Å². The van der Waals surface area contributed by atoms with Gasteiger partial charge in [0.25, 0.3) is 0 Å². The van der Waals surface area contributed by atoms with Gasteiger partial charge in [0.1, 0.15) is 20.4 Å². The third kappa shape index (κ3) is 15.7. The number of nitrogens with zero attached hydrogens (tertiary/aromatic N) is 3. The molecule has 0 aromatic rings. The zero-order valence-electron chi connectivity index (χ0n) is 22.6. The van der Waals surface area contributed by atoms with Crippen LogP contribution in [0.2, 0.25) is 0 Å². The fourth-order valence-electron chi connectivity index (χ4n) is 4.28. The molecule has 3 rings (SSSR count). The summed E-state index contributed by atoms with van der Waals surface area (Å²) in [5.41, 5.74) is 0. The number of rotatable bonds is 21. The molecule has 3 fully saturated rings. The molecule has 0 N–H and O–H groups in total. The van der Waals surface area contributed by atoms with Gasteiger partial charge in [-0.15, -0.1) is 0 Å². The summed E-state index contributed by atoms with van der Waals surface area (Å²) in [6, 6.07) is 0. The highest BCUT2D eigenvalue weighted by molar-refractivity contribution is 6.36. The lowest BCUT2D eigenvalue weighted by Crippen LogP contribution is -2.37. The normalized spacial score (nSPS) is 20.4. The molecule has 13 heteroatoms. The Bertz CT molecular complexity index is 454. The Morgan fingerprint density at radius 3 is 1.05 bits per heavy atom. The number of morpholine rings is 3. The molecule has 216 valence electrons. The standard InChI is InChI=1S/C24H48BN3O9/c1(4-26-7-16-29-17-8-26)13-32-22-35-25(36-23-33-14-2-5-27-9-18-30-19-10-27)37-24-34-15-3-6-28-11-20-31-21-12-28/h1-24H2. The number of ether oxygens (including phenoxy) is 6. The molecule has 3 heterocycles. The summed E-state index contributed by atoms with van der Waals surface area (Å²) in [5.74, 6) is 0. The molecular formula is C24H48BN3O9. The van der Waals surface area contributed by atoms with Crippen molar-refractivity contribution in [2.45, 2.75) is 19.3 Å². The van der Waals surface area contributed by atoms with E-state index in [0.717, 1.165) is 118 Å². The fourth-order valence-corrected chi connectivity index (χ4v) is 4.28. The topological polar surface area (TPSA) is 92.8 Å². The summed E-state index contributed by atoms with van der Waals surface area (Å²) in [6.45, 7) is 15.9. The molecule has 3 aliphatic heterocycles. The highest BCUT2D eigenvalue weighted by atomic mass is 16.8. The minimum Gasteiger partial charge on any atom is -0.379 e. The number of hydrogen-bond acceptors (Lipinski definition) is 12. The molecular weight excluding hydrogens is 485 g/mol. The molecule has 0 unspecified atom stereocenters. The predicted octanol–water partition coefficient (Wildman–Crippen LogP) is 0.110. The Hall–Kier alpha value is -0.415. The van der Waals surface area contributed by atoms with Crippen LogP contribution >= 0.6 is 0 Å². The molecule has 3 saturated heterocycles. The van der Waals surface area contributed by atoms with Gasteiger partial charge in [-0.1, -0.05) is 0 Å². The maximum absolute atomic E-state index is 5.63. The Kier molecular flexibility index (Phi) is 18.0. The van der Waals surface area contributed by atoms with E-state index < -0.39 is 7.32 Å². The van der Waals surface area contributed by atoms with Crippen LogP contribution in [0, 0.1) is 0 Å². The lowest BCUT2D eigenvalue weighted by atomic mass is 10.2. The van der Waals surface area contributed by atoms with E-state index >= 15 is 0 Å². The minimum atomic E-state index is -0.905. The van der Waals surface area contributed by atoms with E-state index in [1.54, 1.807) is 0 Å². The van der Waals surface area contributed by atoms with E-state index in [2.05, 4.69) is 14.7 Å². The Morgan fingerprint density at radius 1 is 0.459 bits per heavy atom. The summed E-state index contributed by atoms with van der Waals surface area (Å²) in [4.78, 5) is 7.15. The van der Waals surface area contributed by atoms with Gasteiger partial charge in [-0.3, -0.25) is 14.7 Å². The second-order valence-electron chi connectivity index (χ2n) is 9.29. The molecule has 0 saturated carbocycles. The van der Waals surface area contributed by atoms with E-state index in [0.29, 0.717) is 19.8 Å². The van der Waals surface area contributed by atoms with Crippen LogP contribution in [0.1, 0.15) is 19.3 Å². The van der Waals surface area contributed by atoms with Gasteiger partial charge in [-0.2, -0.15) is 0 Å². The van der Waals surface area contributed by atoms with Crippen LogP contribution in [0.15, 0.2) is 0 Å². The van der Waals surface area contributed by atoms with Crippen LogP contribution in [-0.2, 0) is 42.4 Å². The van der Waals surface area contributed by atoms with Gasteiger partial charge < -0.3 is 42.4 Å². The Balaban J connectivity index is 1.21. The summed E-state index contributed by atoms with van der Waals surface area (Å²) in [5, 5.41) is 0. The van der Waals surface area contributed by atoms with E-state index in [1.165, 1.54) is 0 Å². The second-order valence-corrected chi connectivity index (χ2v) is 9.29. The first-order valence-electron chi connectivity index (χ1n) is 13.9. The third-order valence-corrected chi connectivity index (χ3v) is 6.46. The fraction of sp³-hybridized carbons (Fsp3) is 1.00. The first-order valence-corrected chi connectivity index (χ1v) is 13.9. The maximum atomic E-state index is 5.63. The van der Waals surface area contributed by atoms with Crippen LogP contribution < -0.4 is 0 Å². The lowest BCUT2D eigenvalue weighted by Gasteiger charge is -2.26. The molecule has 37 heavy (non-hydrogen) atoms. The smallest absolute Gasteiger partial charge is 0.379 e. The van der Waals surface area contributed by atoms with Crippen molar-refractivity contribution < 1.29 is 42.4 Å². The van der Waals surface area contributed by atoms with Gasteiger partial charge in [0.15, 0.2) is 0 Å². The molecule has 0 atom stereocenters. The predicted molar refractivity (Wildman–Crippen MR) is 137 cm³/mol. The maximum Gasteiger partial charge on any atom is 0.644 e. The highest BCUT2D eigenvalue weighted by Gasteiger charge is 2.22. The van der Waals surface area contributed by atoms with Crippen molar-refractivity contribution >= 4 is 7.32 Å². The van der Waals surface area contributed by atoms with Crippen molar-refractivity contribution in [1.29, 1.82) is 0 Å². The van der Waals surface area contributed by atoms with Gasteiger partial charge in [-0.05, 0) is 19.3 Å². The monoisotopic (exact) mass is 533 g/mol. The quantitative estimate of drug-likeness (QED) is 0.114. The molecule has 0 amide bonds. The highest BCUT2D eigenvalue weighted by Crippen LogP contribution is 2.02. The van der Waals surface area contributed by atoms with Gasteiger partial charge >= 0.3 is 7.32 Å². The summed E-state index contributed by atoms with van der Waals surface area (Å²) in [6.07, 6.45) is 2.82. The third-order valence-electron chi connectivity index (χ3n) is 6.46. The van der Waals surface area contributed by atoms with Crippen LogP contribution in [0.4, 0.5) is 0 Å². The van der Waals surface area contributed by atoms with Crippen molar-refractivity contribution in [2.75, 3.05) is 139 Å². The average Bonchev–Trinajstić information content (AvgIpc) is 2.95. The SMILES string of the molecule is C(COCOB(OCOCCCN1CCOCC1)OCOCCCN1CCOCC1)CN1CCOCC1. The largest absolute Gasteiger partial charge is 0.644 e. The zero-order chi connectivity index (χ0) is 25.6. The van der Waals surface area contributed by atoms with Crippen molar-refractivity contribution in [1.82, 2.24) is 14.7 Å². The summed E-state index contributed by atoms with van der Waals surface area (Å²) in [7, 11) is -0.905. The molecule has 12 nitrogen and oxygen atoms in total. The van der Waals surface area contributed by atoms with Gasteiger partial charge in [0.05, 0.1) is 59.5 Å². The minimum absolute atomic E-state index is 0.0852. The number of hydrogen-bond donors (Lipinski definition) is 0. The molecule has 0 aliphatic carbocycles. The van der Waals surface area contributed by atoms with E-state index in [1.807, 2.05) is 0 Å². The van der Waals surface area contributed by atoms with Crippen molar-refractivity contribution in [3.8, 4) is 0 Å². The molecule has 0 aromatic carbocycles. The summed E-state index contributed by atoms with van der Waals surface area (Å²) < 4.78 is 49.9. The molecule has 0 bridgehead atoms. The van der Waals surface area contributed by atoms with Crippen molar-refractivity contribution in [3.05, 3.63) is 0 Å². The average molecular weight is 533 g/mol. The Morgan fingerprint density at radius 2 is 0.757 bits per heavy atom. The molecule has 0 radical (unpaired) electrons. The first-order chi connectivity index (χ1) is 18.4. The van der Waals surface area contributed by atoms with E-state index in [-0.39, 0.29) is 20.4 Å². The van der Waals surface area contributed by atoms with Crippen molar-refractivity contribution in [2.24, 2.45) is 0 Å². The van der Waals surface area contributed by atoms with E-state index in [4.69, 9.17) is 42.4 Å². The van der Waals surface area contributed by atoms with Gasteiger partial charge in [0.2, 0.25) is 0 Å². The zero-order valence-corrected chi connectivity index (χ0v) is 22.6. The van der Waals surface area contributed by atoms with Gasteiger partial charge in [-0.25, -0.2) is 0 Å². The van der Waals surface area contributed by atoms with Crippen LogP contribution in [-0.4, -0.2) is 161 Å². The summed E-state index contributed by atoms with van der Waals surface area (Å²) >= 11 is 0. The van der Waals surface area contributed by atoms with Crippen LogP contribution in [0.3, 0.4) is 0 Å². The van der Waals surface area contributed by atoms with Gasteiger partial charge in [0, 0.05) is 58.9 Å². The van der Waals surface area contributed by atoms with Crippen LogP contribution in [0.25, 0.3) is 0 Å². The molecule has 0 spiro atoms.